The van der Waals surface area contributed by atoms with Gasteiger partial charge in [-0.2, -0.15) is 26.3 Å². The number of methoxy groups -OCH3 is 1. The molecule has 3 N–H and O–H groups in total. The lowest BCUT2D eigenvalue weighted by Gasteiger charge is -2.54. The van der Waals surface area contributed by atoms with Crippen LogP contribution in [-0.4, -0.2) is 296 Å². The van der Waals surface area contributed by atoms with Crippen LogP contribution in [0.25, 0.3) is 0 Å². The fraction of sp³-hybridized carbons (Fsp3) is 0.818. The van der Waals surface area contributed by atoms with Crippen molar-refractivity contribution in [3.05, 3.63) is 12.2 Å². The molecule has 3 unspecified atom stereocenters. The number of hydrogen-bond acceptors (Lipinski definition) is 14. The zero-order valence-corrected chi connectivity index (χ0v) is 67.0. The Morgan fingerprint density at radius 2 is 1.30 bits per heavy atom. The SMILES string of the molecule is CCO[C@@H]1C[C@H]2C(=O)NC3(CC(C)(C)C3)C(=O)N(C)[C@@H](C3CCCC3)C(=O)N(C)[C@H](C(=O)N(C)CC)CC(=O)N(C)[C@@H](CC(F)F)C(=O)N[C@@H]([C@@H](C)CC)C(=O)N(C)CC(=O)N(C)[C@H]3C/C=C\CCN(C3=O)[C@@H](CC3CCC(C(F)(F)F)CC3)C(=O)N(C)CC(=O)N[C@@H](CCC3CCC(C(F)(F)F)C(OC)C3)C(=O)N2C1. The summed E-state index contributed by atoms with van der Waals surface area (Å²) in [7, 11) is 10.1. The Morgan fingerprint density at radius 1 is 0.667 bits per heavy atom. The van der Waals surface area contributed by atoms with E-state index < -0.39 is 223 Å². The van der Waals surface area contributed by atoms with Crippen LogP contribution in [0.15, 0.2) is 12.2 Å². The maximum atomic E-state index is 15.8. The minimum Gasteiger partial charge on any atom is -0.381 e. The summed E-state index contributed by atoms with van der Waals surface area (Å²) in [4.78, 5) is 192. The molecule has 3 heterocycles. The smallest absolute Gasteiger partial charge is 0.381 e. The number of hydrogen-bond donors (Lipinski definition) is 3. The molecular weight excluding hydrogens is 1470 g/mol. The van der Waals surface area contributed by atoms with Crippen molar-refractivity contribution >= 4 is 70.9 Å². The average molecular weight is 1590 g/mol. The molecule has 6 fully saturated rings. The van der Waals surface area contributed by atoms with Gasteiger partial charge in [0.15, 0.2) is 0 Å². The molecule has 3 aliphatic heterocycles. The number of likely N-dealkylation sites (N-methyl/N-ethyl adjacent to an activating group) is 7. The van der Waals surface area contributed by atoms with Gasteiger partial charge in [0, 0.05) is 95.5 Å². The quantitative estimate of drug-likeness (QED) is 0.113. The first-order valence-corrected chi connectivity index (χ1v) is 39.5. The van der Waals surface area contributed by atoms with Gasteiger partial charge in [-0.25, -0.2) is 8.78 Å². The van der Waals surface area contributed by atoms with Crippen molar-refractivity contribution in [3.63, 3.8) is 0 Å². The minimum atomic E-state index is -4.58. The predicted octanol–water partition coefficient (Wildman–Crippen LogP) is 6.72. The second-order valence-electron chi connectivity index (χ2n) is 33.1. The molecule has 2 bridgehead atoms. The number of nitrogens with zero attached hydrogens (tertiary/aromatic N) is 9. The third-order valence-electron chi connectivity index (χ3n) is 24.7. The van der Waals surface area contributed by atoms with Gasteiger partial charge in [-0.05, 0) is 146 Å². The van der Waals surface area contributed by atoms with E-state index in [9.17, 15) is 63.9 Å². The number of carbonyl (C=O) groups excluding carboxylic acids is 12. The van der Waals surface area contributed by atoms with E-state index in [0.29, 0.717) is 30.6 Å². The molecule has 0 aromatic heterocycles. The number of halogens is 8. The molecule has 111 heavy (non-hydrogen) atoms. The lowest BCUT2D eigenvalue weighted by atomic mass is 9.58. The summed E-state index contributed by atoms with van der Waals surface area (Å²) in [6, 6.07) is -12.4. The maximum Gasteiger partial charge on any atom is 0.394 e. The first kappa shape index (κ1) is 90.9. The standard InChI is InChI=1S/C77H120F8N12O14/c1-15-45(4)63-71(107)91(9)42-62(100)92(10)53-25-19-18-22-34-96(70(53)106)57(35-46-26-30-49(31-27-46)76(80,81)82)69(105)90(8)41-60(98)86-52(33-29-47-28-32-51(77(83,84)85)58(36-47)110-14)67(103)97-40-50(111-17-3)37-55(97)66(102)88-75(43-74(5,6)44-75)73(109)95(13)64(48-23-20-21-24-48)72(108)94(12)56(68(104)89(7)16-2)39-61(99)93(11)54(38-59(78)79)65(101)87-63/h18-19,45-59,63-64H,15-17,20-44H2,1-14H3,(H,86,98)(H,87,101)(H,88,102)/b19-18-/t45-,46?,47?,49?,50+,51?,52-,53-,54-,55-,56-,57-,58?,63-,64-/m0/s1. The molecule has 1 spiro atoms. The minimum absolute atomic E-state index is 0.000262. The molecular formula is C77H120F8N12O14. The summed E-state index contributed by atoms with van der Waals surface area (Å²) in [5.41, 5.74) is -2.37. The zero-order valence-electron chi connectivity index (χ0n) is 67.0. The molecule has 0 aromatic rings. The van der Waals surface area contributed by atoms with Crippen molar-refractivity contribution in [2.45, 2.75) is 268 Å². The molecule has 7 rings (SSSR count). The van der Waals surface area contributed by atoms with Gasteiger partial charge in [0.1, 0.15) is 53.9 Å². The van der Waals surface area contributed by atoms with Crippen LogP contribution in [0, 0.1) is 40.9 Å². The van der Waals surface area contributed by atoms with Crippen LogP contribution in [-0.2, 0) is 67.0 Å². The van der Waals surface area contributed by atoms with E-state index in [0.717, 1.165) is 26.6 Å². The molecule has 12 amide bonds. The summed E-state index contributed by atoms with van der Waals surface area (Å²) in [6.45, 7) is 8.52. The second-order valence-corrected chi connectivity index (χ2v) is 33.1. The Labute approximate surface area is 647 Å². The van der Waals surface area contributed by atoms with E-state index in [2.05, 4.69) is 16.0 Å². The Bertz CT molecular complexity index is 3330. The fourth-order valence-corrected chi connectivity index (χ4v) is 18.0. The molecule has 2 saturated heterocycles. The third-order valence-corrected chi connectivity index (χ3v) is 24.7. The van der Waals surface area contributed by atoms with Gasteiger partial charge >= 0.3 is 12.4 Å². The van der Waals surface area contributed by atoms with Gasteiger partial charge in [0.05, 0.1) is 43.6 Å². The lowest BCUT2D eigenvalue weighted by molar-refractivity contribution is -0.215. The first-order valence-electron chi connectivity index (χ1n) is 39.5. The summed E-state index contributed by atoms with van der Waals surface area (Å²) in [6.07, 6.45) is -12.2. The van der Waals surface area contributed by atoms with Gasteiger partial charge in [0.2, 0.25) is 77.3 Å². The first-order chi connectivity index (χ1) is 51.9. The molecule has 4 saturated carbocycles. The second kappa shape index (κ2) is 38.7. The van der Waals surface area contributed by atoms with Crippen molar-refractivity contribution in [3.8, 4) is 0 Å². The molecule has 26 nitrogen and oxygen atoms in total. The van der Waals surface area contributed by atoms with Crippen LogP contribution in [0.5, 0.6) is 0 Å². The van der Waals surface area contributed by atoms with Crippen LogP contribution in [0.2, 0.25) is 0 Å². The Balaban J connectivity index is 1.35. The van der Waals surface area contributed by atoms with Crippen LogP contribution >= 0.6 is 0 Å². The van der Waals surface area contributed by atoms with E-state index in [4.69, 9.17) is 9.47 Å². The highest BCUT2D eigenvalue weighted by molar-refractivity contribution is 6.01. The molecule has 7 aliphatic rings. The fourth-order valence-electron chi connectivity index (χ4n) is 18.0. The molecule has 34 heteroatoms. The van der Waals surface area contributed by atoms with Crippen LogP contribution in [0.3, 0.4) is 0 Å². The number of nitrogens with one attached hydrogen (secondary N) is 3. The highest BCUT2D eigenvalue weighted by Crippen LogP contribution is 2.50. The summed E-state index contributed by atoms with van der Waals surface area (Å²) in [5.74, 6) is -16.2. The number of ether oxygens (including phenoxy) is 2. The van der Waals surface area contributed by atoms with Gasteiger partial charge in [-0.15, -0.1) is 0 Å². The molecule has 0 aromatic carbocycles. The molecule has 628 valence electrons. The van der Waals surface area contributed by atoms with Gasteiger partial charge in [-0.1, -0.05) is 59.1 Å². The average Bonchev–Trinajstić information content (AvgIpc) is 1.47. The van der Waals surface area contributed by atoms with Crippen molar-refractivity contribution in [1.82, 2.24) is 60.0 Å². The van der Waals surface area contributed by atoms with Crippen LogP contribution in [0.4, 0.5) is 35.1 Å². The van der Waals surface area contributed by atoms with E-state index in [-0.39, 0.29) is 129 Å². The summed E-state index contributed by atoms with van der Waals surface area (Å²) in [5, 5.41) is 8.33. The number of carbonyl (C=O) groups is 12. The Hall–Kier alpha value is -7.26. The number of alkyl halides is 8. The molecule has 0 radical (unpaired) electrons. The maximum absolute atomic E-state index is 15.8. The largest absolute Gasteiger partial charge is 0.394 e. The van der Waals surface area contributed by atoms with Gasteiger partial charge < -0.3 is 69.5 Å². The monoisotopic (exact) mass is 1590 g/mol. The van der Waals surface area contributed by atoms with Crippen molar-refractivity contribution < 1.29 is 102 Å². The third kappa shape index (κ3) is 22.4. The Kier molecular flexibility index (Phi) is 31.7. The Morgan fingerprint density at radius 3 is 1.87 bits per heavy atom. The topological polar surface area (TPSA) is 289 Å². The van der Waals surface area contributed by atoms with E-state index in [1.807, 2.05) is 13.8 Å². The molecule has 4 aliphatic carbocycles. The van der Waals surface area contributed by atoms with Crippen molar-refractivity contribution in [1.29, 1.82) is 0 Å². The van der Waals surface area contributed by atoms with Crippen molar-refractivity contribution in [2.75, 3.05) is 95.8 Å². The van der Waals surface area contributed by atoms with Crippen LogP contribution in [0.1, 0.15) is 183 Å². The predicted molar refractivity (Wildman–Crippen MR) is 392 cm³/mol. The zero-order chi connectivity index (χ0) is 82.7. The number of rotatable bonds is 15. The van der Waals surface area contributed by atoms with Crippen LogP contribution < -0.4 is 16.0 Å². The summed E-state index contributed by atoms with van der Waals surface area (Å²) >= 11 is 0. The van der Waals surface area contributed by atoms with E-state index in [1.165, 1.54) is 69.0 Å². The highest BCUT2D eigenvalue weighted by Gasteiger charge is 2.60. The van der Waals surface area contributed by atoms with E-state index >= 15 is 28.8 Å². The number of amides is 12. The van der Waals surface area contributed by atoms with E-state index in [1.54, 1.807) is 39.8 Å². The summed E-state index contributed by atoms with van der Waals surface area (Å²) < 4.78 is 127. The highest BCUT2D eigenvalue weighted by atomic mass is 19.4. The van der Waals surface area contributed by atoms with Gasteiger partial charge in [-0.3, -0.25) is 57.5 Å². The van der Waals surface area contributed by atoms with Crippen molar-refractivity contribution in [2.24, 2.45) is 40.9 Å². The normalized spacial score (nSPS) is 31.3. The molecule has 13 atom stereocenters. The van der Waals surface area contributed by atoms with Gasteiger partial charge in [0.25, 0.3) is 0 Å². The number of fused-ring (bicyclic) bond motifs is 3. The lowest BCUT2D eigenvalue weighted by Crippen LogP contribution is -2.71.